The number of carbonyl (C=O) groups excluding carboxylic acids is 1. The Bertz CT molecular complexity index is 371. The van der Waals surface area contributed by atoms with Crippen molar-refractivity contribution >= 4 is 5.78 Å². The number of ether oxygens (including phenoxy) is 1. The molecule has 3 nitrogen and oxygen atoms in total. The van der Waals surface area contributed by atoms with Gasteiger partial charge in [0, 0.05) is 18.0 Å². The summed E-state index contributed by atoms with van der Waals surface area (Å²) >= 11 is 0. The van der Waals surface area contributed by atoms with Gasteiger partial charge in [-0.1, -0.05) is 13.8 Å². The number of benzene rings is 1. The molecule has 1 unspecified atom stereocenters. The zero-order chi connectivity index (χ0) is 13.5. The van der Waals surface area contributed by atoms with E-state index in [0.29, 0.717) is 19.1 Å². The van der Waals surface area contributed by atoms with Crippen molar-refractivity contribution in [3.63, 3.8) is 0 Å². The first-order valence-corrected chi connectivity index (χ1v) is 6.55. The normalized spacial score (nSPS) is 12.5. The van der Waals surface area contributed by atoms with E-state index in [2.05, 4.69) is 13.8 Å². The van der Waals surface area contributed by atoms with Gasteiger partial charge in [0.1, 0.15) is 5.75 Å². The Morgan fingerprint density at radius 2 is 1.89 bits per heavy atom. The van der Waals surface area contributed by atoms with E-state index in [0.717, 1.165) is 17.7 Å². The minimum Gasteiger partial charge on any atom is -0.494 e. The quantitative estimate of drug-likeness (QED) is 0.756. The topological polar surface area (TPSA) is 52.3 Å². The zero-order valence-electron chi connectivity index (χ0n) is 11.5. The van der Waals surface area contributed by atoms with Crippen LogP contribution in [-0.4, -0.2) is 18.9 Å². The van der Waals surface area contributed by atoms with Gasteiger partial charge < -0.3 is 10.5 Å². The molecular formula is C15H23NO2. The maximum atomic E-state index is 12.3. The Labute approximate surface area is 109 Å². The van der Waals surface area contributed by atoms with Gasteiger partial charge >= 0.3 is 0 Å². The summed E-state index contributed by atoms with van der Waals surface area (Å²) in [5, 5.41) is 0. The first kappa shape index (κ1) is 14.7. The molecule has 0 saturated carbocycles. The second-order valence-corrected chi connectivity index (χ2v) is 4.88. The molecule has 1 aromatic rings. The molecule has 18 heavy (non-hydrogen) atoms. The van der Waals surface area contributed by atoms with Crippen LogP contribution in [0.25, 0.3) is 0 Å². The van der Waals surface area contributed by atoms with Gasteiger partial charge in [-0.05, 0) is 43.5 Å². The number of rotatable bonds is 7. The molecular weight excluding hydrogens is 226 g/mol. The average Bonchev–Trinajstić information content (AvgIpc) is 2.36. The van der Waals surface area contributed by atoms with Crippen LogP contribution in [0.2, 0.25) is 0 Å². The number of ketones is 1. The lowest BCUT2D eigenvalue weighted by atomic mass is 9.90. The van der Waals surface area contributed by atoms with Crippen molar-refractivity contribution in [3.8, 4) is 5.75 Å². The summed E-state index contributed by atoms with van der Waals surface area (Å²) in [7, 11) is 0. The van der Waals surface area contributed by atoms with E-state index < -0.39 is 0 Å². The highest BCUT2D eigenvalue weighted by Gasteiger charge is 2.19. The standard InChI is InChI=1S/C15H23NO2/c1-4-18-14-7-5-12(6-8-14)15(17)13(10-16)9-11(2)3/h5-8,11,13H,4,9-10,16H2,1-3H3. The summed E-state index contributed by atoms with van der Waals surface area (Å²) in [6, 6.07) is 7.30. The molecule has 0 heterocycles. The Morgan fingerprint density at radius 3 is 2.33 bits per heavy atom. The minimum absolute atomic E-state index is 0.0806. The highest BCUT2D eigenvalue weighted by Crippen LogP contribution is 2.19. The summed E-state index contributed by atoms with van der Waals surface area (Å²) in [6.07, 6.45) is 0.836. The fourth-order valence-electron chi connectivity index (χ4n) is 2.00. The van der Waals surface area contributed by atoms with Gasteiger partial charge in [0.05, 0.1) is 6.61 Å². The van der Waals surface area contributed by atoms with Gasteiger partial charge in [-0.3, -0.25) is 4.79 Å². The largest absolute Gasteiger partial charge is 0.494 e. The van der Waals surface area contributed by atoms with Gasteiger partial charge in [0.15, 0.2) is 5.78 Å². The maximum absolute atomic E-state index is 12.3. The number of nitrogens with two attached hydrogens (primary N) is 1. The van der Waals surface area contributed by atoms with Crippen molar-refractivity contribution in [1.82, 2.24) is 0 Å². The molecule has 0 aliphatic rings. The number of hydrogen-bond acceptors (Lipinski definition) is 3. The fraction of sp³-hybridized carbons (Fsp3) is 0.533. The Kier molecular flexibility index (Phi) is 5.86. The lowest BCUT2D eigenvalue weighted by Crippen LogP contribution is -2.25. The minimum atomic E-state index is -0.0806. The van der Waals surface area contributed by atoms with E-state index in [1.54, 1.807) is 0 Å². The third kappa shape index (κ3) is 4.15. The van der Waals surface area contributed by atoms with E-state index >= 15 is 0 Å². The van der Waals surface area contributed by atoms with Crippen LogP contribution >= 0.6 is 0 Å². The summed E-state index contributed by atoms with van der Waals surface area (Å²) < 4.78 is 5.36. The van der Waals surface area contributed by atoms with Crippen molar-refractivity contribution in [2.45, 2.75) is 27.2 Å². The number of carbonyl (C=O) groups is 1. The zero-order valence-corrected chi connectivity index (χ0v) is 11.5. The van der Waals surface area contributed by atoms with Crippen LogP contribution in [0.4, 0.5) is 0 Å². The van der Waals surface area contributed by atoms with Crippen LogP contribution in [-0.2, 0) is 0 Å². The smallest absolute Gasteiger partial charge is 0.167 e. The Hall–Kier alpha value is -1.35. The molecule has 2 N–H and O–H groups in total. The van der Waals surface area contributed by atoms with Crippen molar-refractivity contribution in [2.24, 2.45) is 17.6 Å². The van der Waals surface area contributed by atoms with Gasteiger partial charge in [0.2, 0.25) is 0 Å². The highest BCUT2D eigenvalue weighted by molar-refractivity contribution is 5.98. The number of Topliss-reactive ketones (excluding diaryl/α,β-unsaturated/α-hetero) is 1. The predicted molar refractivity (Wildman–Crippen MR) is 73.9 cm³/mol. The second kappa shape index (κ2) is 7.17. The van der Waals surface area contributed by atoms with Crippen molar-refractivity contribution in [1.29, 1.82) is 0 Å². The first-order chi connectivity index (χ1) is 8.58. The first-order valence-electron chi connectivity index (χ1n) is 6.55. The molecule has 0 aliphatic heterocycles. The fourth-order valence-corrected chi connectivity index (χ4v) is 2.00. The predicted octanol–water partition coefficient (Wildman–Crippen LogP) is 2.89. The Balaban J connectivity index is 2.75. The molecule has 0 spiro atoms. The lowest BCUT2D eigenvalue weighted by molar-refractivity contribution is 0.0909. The summed E-state index contributed by atoms with van der Waals surface area (Å²) in [5.41, 5.74) is 6.41. The van der Waals surface area contributed by atoms with Crippen LogP contribution in [0.1, 0.15) is 37.6 Å². The van der Waals surface area contributed by atoms with Gasteiger partial charge in [-0.25, -0.2) is 0 Å². The Morgan fingerprint density at radius 1 is 1.28 bits per heavy atom. The van der Waals surface area contributed by atoms with E-state index in [4.69, 9.17) is 10.5 Å². The molecule has 0 fully saturated rings. The average molecular weight is 249 g/mol. The molecule has 0 saturated heterocycles. The highest BCUT2D eigenvalue weighted by atomic mass is 16.5. The van der Waals surface area contributed by atoms with Crippen LogP contribution in [0.15, 0.2) is 24.3 Å². The molecule has 0 aromatic heterocycles. The van der Waals surface area contributed by atoms with Crippen LogP contribution < -0.4 is 10.5 Å². The summed E-state index contributed by atoms with van der Waals surface area (Å²) in [5.74, 6) is 1.32. The van der Waals surface area contributed by atoms with Crippen molar-refractivity contribution < 1.29 is 9.53 Å². The van der Waals surface area contributed by atoms with Crippen LogP contribution in [0.5, 0.6) is 5.75 Å². The molecule has 0 radical (unpaired) electrons. The molecule has 3 heteroatoms. The van der Waals surface area contributed by atoms with E-state index in [1.165, 1.54) is 0 Å². The molecule has 0 bridgehead atoms. The van der Waals surface area contributed by atoms with Gasteiger partial charge in [0.25, 0.3) is 0 Å². The second-order valence-electron chi connectivity index (χ2n) is 4.88. The van der Waals surface area contributed by atoms with Crippen LogP contribution in [0.3, 0.4) is 0 Å². The molecule has 1 atom stereocenters. The molecule has 100 valence electrons. The third-order valence-corrected chi connectivity index (χ3v) is 2.86. The number of hydrogen-bond donors (Lipinski definition) is 1. The molecule has 0 aliphatic carbocycles. The van der Waals surface area contributed by atoms with E-state index in [9.17, 15) is 4.79 Å². The molecule has 1 rings (SSSR count). The van der Waals surface area contributed by atoms with Gasteiger partial charge in [-0.2, -0.15) is 0 Å². The van der Waals surface area contributed by atoms with E-state index in [-0.39, 0.29) is 11.7 Å². The third-order valence-electron chi connectivity index (χ3n) is 2.86. The molecule has 1 aromatic carbocycles. The lowest BCUT2D eigenvalue weighted by Gasteiger charge is -2.16. The van der Waals surface area contributed by atoms with E-state index in [1.807, 2.05) is 31.2 Å². The SMILES string of the molecule is CCOc1ccc(C(=O)C(CN)CC(C)C)cc1. The molecule has 0 amide bonds. The van der Waals surface area contributed by atoms with Crippen LogP contribution in [0, 0.1) is 11.8 Å². The summed E-state index contributed by atoms with van der Waals surface area (Å²) in [6.45, 7) is 7.19. The monoisotopic (exact) mass is 249 g/mol. The van der Waals surface area contributed by atoms with Gasteiger partial charge in [-0.15, -0.1) is 0 Å². The van der Waals surface area contributed by atoms with Crippen molar-refractivity contribution in [2.75, 3.05) is 13.2 Å². The summed E-state index contributed by atoms with van der Waals surface area (Å²) in [4.78, 5) is 12.3. The maximum Gasteiger partial charge on any atom is 0.167 e. The van der Waals surface area contributed by atoms with Crippen molar-refractivity contribution in [3.05, 3.63) is 29.8 Å².